The van der Waals surface area contributed by atoms with Crippen molar-refractivity contribution in [1.82, 2.24) is 4.90 Å². The number of β-amino-alcohol motifs (C(OH)–C–C–N with tert-alkyl or cyclic N) is 1. The van der Waals surface area contributed by atoms with Crippen molar-refractivity contribution < 1.29 is 15.0 Å². The van der Waals surface area contributed by atoms with E-state index in [-0.39, 0.29) is 12.6 Å². The minimum Gasteiger partial charge on any atom is -0.480 e. The van der Waals surface area contributed by atoms with Gasteiger partial charge in [-0.05, 0) is 6.42 Å². The Morgan fingerprint density at radius 1 is 1.67 bits per heavy atom. The molecule has 1 fully saturated rings. The second-order valence-corrected chi connectivity index (χ2v) is 3.15. The van der Waals surface area contributed by atoms with E-state index >= 15 is 0 Å². The number of carboxylic acid groups (broad SMARTS) is 1. The standard InChI is InChI=1S/C7H14N2O3/c8-5-1-2-9(3-6(5)10)4-7(11)12/h5-6,10H,1-4,8H2,(H,11,12)/t5-,6+/m0/s1. The fourth-order valence-corrected chi connectivity index (χ4v) is 1.35. The van der Waals surface area contributed by atoms with Crippen LogP contribution in [0.1, 0.15) is 6.42 Å². The fourth-order valence-electron chi connectivity index (χ4n) is 1.35. The van der Waals surface area contributed by atoms with Crippen LogP contribution in [-0.2, 0) is 4.79 Å². The molecule has 0 saturated carbocycles. The Balaban J connectivity index is 2.35. The van der Waals surface area contributed by atoms with Crippen LogP contribution in [0.3, 0.4) is 0 Å². The molecule has 1 rings (SSSR count). The lowest BCUT2D eigenvalue weighted by Crippen LogP contribution is -2.51. The Labute approximate surface area is 70.8 Å². The largest absolute Gasteiger partial charge is 0.480 e. The molecule has 0 bridgehead atoms. The van der Waals surface area contributed by atoms with Gasteiger partial charge in [0, 0.05) is 19.1 Å². The average Bonchev–Trinajstić information content (AvgIpc) is 1.96. The van der Waals surface area contributed by atoms with Gasteiger partial charge in [0.2, 0.25) is 0 Å². The van der Waals surface area contributed by atoms with Gasteiger partial charge in [0.25, 0.3) is 0 Å². The van der Waals surface area contributed by atoms with Crippen LogP contribution < -0.4 is 5.73 Å². The van der Waals surface area contributed by atoms with Gasteiger partial charge in [-0.25, -0.2) is 0 Å². The summed E-state index contributed by atoms with van der Waals surface area (Å²) >= 11 is 0. The summed E-state index contributed by atoms with van der Waals surface area (Å²) in [6.07, 6.45) is 0.0761. The Morgan fingerprint density at radius 2 is 2.33 bits per heavy atom. The lowest BCUT2D eigenvalue weighted by Gasteiger charge is -2.32. The van der Waals surface area contributed by atoms with E-state index < -0.39 is 12.1 Å². The number of piperidine rings is 1. The van der Waals surface area contributed by atoms with Crippen LogP contribution >= 0.6 is 0 Å². The Bertz CT molecular complexity index is 174. The van der Waals surface area contributed by atoms with Gasteiger partial charge in [0.05, 0.1) is 12.6 Å². The number of carbonyl (C=O) groups is 1. The third-order valence-corrected chi connectivity index (χ3v) is 2.08. The van der Waals surface area contributed by atoms with E-state index in [9.17, 15) is 9.90 Å². The number of rotatable bonds is 2. The molecule has 70 valence electrons. The van der Waals surface area contributed by atoms with Crippen LogP contribution in [0.4, 0.5) is 0 Å². The number of carboxylic acids is 1. The van der Waals surface area contributed by atoms with Crippen molar-refractivity contribution in [2.24, 2.45) is 5.73 Å². The van der Waals surface area contributed by atoms with Gasteiger partial charge in [-0.1, -0.05) is 0 Å². The molecule has 0 unspecified atom stereocenters. The molecule has 1 heterocycles. The van der Waals surface area contributed by atoms with Crippen molar-refractivity contribution in [3.05, 3.63) is 0 Å². The minimum absolute atomic E-state index is 0.0101. The maximum Gasteiger partial charge on any atom is 0.317 e. The maximum absolute atomic E-state index is 10.3. The third kappa shape index (κ3) is 2.44. The summed E-state index contributed by atoms with van der Waals surface area (Å²) in [5.41, 5.74) is 5.55. The van der Waals surface area contributed by atoms with Crippen LogP contribution in [0.2, 0.25) is 0 Å². The quantitative estimate of drug-likeness (QED) is 0.472. The number of nitrogens with zero attached hydrogens (tertiary/aromatic N) is 1. The first kappa shape index (κ1) is 9.44. The summed E-state index contributed by atoms with van der Waals surface area (Å²) in [5, 5.41) is 17.8. The lowest BCUT2D eigenvalue weighted by atomic mass is 10.0. The summed E-state index contributed by atoms with van der Waals surface area (Å²) in [6, 6.07) is -0.199. The van der Waals surface area contributed by atoms with E-state index in [0.29, 0.717) is 19.5 Å². The first-order chi connectivity index (χ1) is 5.59. The van der Waals surface area contributed by atoms with E-state index in [4.69, 9.17) is 10.8 Å². The van der Waals surface area contributed by atoms with E-state index in [0.717, 1.165) is 0 Å². The molecule has 0 amide bonds. The fraction of sp³-hybridized carbons (Fsp3) is 0.857. The van der Waals surface area contributed by atoms with Gasteiger partial charge in [-0.15, -0.1) is 0 Å². The molecule has 0 spiro atoms. The highest BCUT2D eigenvalue weighted by Gasteiger charge is 2.25. The number of aliphatic hydroxyl groups is 1. The van der Waals surface area contributed by atoms with Gasteiger partial charge >= 0.3 is 5.97 Å². The number of aliphatic carboxylic acids is 1. The Morgan fingerprint density at radius 3 is 2.83 bits per heavy atom. The highest BCUT2D eigenvalue weighted by Crippen LogP contribution is 2.08. The van der Waals surface area contributed by atoms with Crippen LogP contribution in [-0.4, -0.2) is 52.9 Å². The molecule has 12 heavy (non-hydrogen) atoms. The first-order valence-electron chi connectivity index (χ1n) is 3.97. The third-order valence-electron chi connectivity index (χ3n) is 2.08. The smallest absolute Gasteiger partial charge is 0.317 e. The molecular weight excluding hydrogens is 160 g/mol. The zero-order valence-electron chi connectivity index (χ0n) is 6.81. The number of hydrogen-bond acceptors (Lipinski definition) is 4. The van der Waals surface area contributed by atoms with Crippen molar-refractivity contribution in [3.8, 4) is 0 Å². The zero-order chi connectivity index (χ0) is 9.14. The SMILES string of the molecule is N[C@H]1CCN(CC(=O)O)C[C@H]1O. The second-order valence-electron chi connectivity index (χ2n) is 3.15. The van der Waals surface area contributed by atoms with Crippen LogP contribution in [0.15, 0.2) is 0 Å². The molecular formula is C7H14N2O3. The molecule has 0 radical (unpaired) electrons. The lowest BCUT2D eigenvalue weighted by molar-refractivity contribution is -0.139. The number of hydrogen-bond donors (Lipinski definition) is 3. The van der Waals surface area contributed by atoms with Gasteiger partial charge in [-0.3, -0.25) is 9.69 Å². The van der Waals surface area contributed by atoms with E-state index in [1.807, 2.05) is 0 Å². The Kier molecular flexibility index (Phi) is 3.02. The molecule has 4 N–H and O–H groups in total. The second kappa shape index (κ2) is 3.84. The predicted octanol–water partition coefficient (Wildman–Crippen LogP) is -1.54. The van der Waals surface area contributed by atoms with E-state index in [1.54, 1.807) is 4.90 Å². The van der Waals surface area contributed by atoms with Crippen LogP contribution in [0.5, 0.6) is 0 Å². The predicted molar refractivity (Wildman–Crippen MR) is 42.7 cm³/mol. The molecule has 0 aromatic rings. The van der Waals surface area contributed by atoms with E-state index in [2.05, 4.69) is 0 Å². The molecule has 1 saturated heterocycles. The molecule has 5 nitrogen and oxygen atoms in total. The van der Waals surface area contributed by atoms with Crippen LogP contribution in [0.25, 0.3) is 0 Å². The molecule has 2 atom stereocenters. The summed E-state index contributed by atoms with van der Waals surface area (Å²) in [5.74, 6) is -0.863. The van der Waals surface area contributed by atoms with Crippen molar-refractivity contribution in [2.45, 2.75) is 18.6 Å². The monoisotopic (exact) mass is 174 g/mol. The first-order valence-corrected chi connectivity index (χ1v) is 3.97. The zero-order valence-corrected chi connectivity index (χ0v) is 6.81. The molecule has 5 heteroatoms. The van der Waals surface area contributed by atoms with Crippen molar-refractivity contribution >= 4 is 5.97 Å². The molecule has 0 aromatic carbocycles. The number of aliphatic hydroxyl groups excluding tert-OH is 1. The molecule has 0 aliphatic carbocycles. The minimum atomic E-state index is -0.863. The van der Waals surface area contributed by atoms with Crippen LogP contribution in [0, 0.1) is 0 Å². The topological polar surface area (TPSA) is 86.8 Å². The molecule has 1 aliphatic rings. The summed E-state index contributed by atoms with van der Waals surface area (Å²) in [7, 11) is 0. The van der Waals surface area contributed by atoms with Crippen molar-refractivity contribution in [1.29, 1.82) is 0 Å². The number of likely N-dealkylation sites (tertiary alicyclic amines) is 1. The van der Waals surface area contributed by atoms with Gasteiger partial charge in [-0.2, -0.15) is 0 Å². The van der Waals surface area contributed by atoms with Crippen molar-refractivity contribution in [3.63, 3.8) is 0 Å². The molecule has 0 aromatic heterocycles. The van der Waals surface area contributed by atoms with E-state index in [1.165, 1.54) is 0 Å². The van der Waals surface area contributed by atoms with Gasteiger partial charge < -0.3 is 15.9 Å². The normalized spacial score (nSPS) is 31.8. The highest BCUT2D eigenvalue weighted by atomic mass is 16.4. The molecule has 1 aliphatic heterocycles. The summed E-state index contributed by atoms with van der Waals surface area (Å²) < 4.78 is 0. The van der Waals surface area contributed by atoms with Crippen molar-refractivity contribution in [2.75, 3.05) is 19.6 Å². The average molecular weight is 174 g/mol. The Hall–Kier alpha value is -0.650. The maximum atomic E-state index is 10.3. The summed E-state index contributed by atoms with van der Waals surface area (Å²) in [6.45, 7) is 1.02. The van der Waals surface area contributed by atoms with Gasteiger partial charge in [0.1, 0.15) is 0 Å². The highest BCUT2D eigenvalue weighted by molar-refractivity contribution is 5.69. The van der Waals surface area contributed by atoms with Gasteiger partial charge in [0.15, 0.2) is 0 Å². The number of nitrogens with two attached hydrogens (primary N) is 1. The summed E-state index contributed by atoms with van der Waals surface area (Å²) in [4.78, 5) is 12.0.